The molecule has 2 N–H and O–H groups in total. The van der Waals surface area contributed by atoms with Crippen molar-refractivity contribution in [3.05, 3.63) is 143 Å². The Balaban J connectivity index is 1.62. The molecule has 0 saturated carbocycles. The lowest BCUT2D eigenvalue weighted by atomic mass is 9.96. The first kappa shape index (κ1) is 21.8. The van der Waals surface area contributed by atoms with E-state index in [2.05, 4.69) is 34.9 Å². The molecule has 0 fully saturated rings. The van der Waals surface area contributed by atoms with E-state index in [1.807, 2.05) is 91.0 Å². The Labute approximate surface area is 194 Å². The van der Waals surface area contributed by atoms with Gasteiger partial charge < -0.3 is 5.32 Å². The van der Waals surface area contributed by atoms with E-state index in [1.54, 1.807) is 0 Å². The van der Waals surface area contributed by atoms with Gasteiger partial charge in [-0.2, -0.15) is 0 Å². The molecule has 1 unspecified atom stereocenters. The molecule has 1 atom stereocenters. The molecule has 0 aliphatic carbocycles. The summed E-state index contributed by atoms with van der Waals surface area (Å²) in [5, 5.41) is 7.34. The fourth-order valence-electron chi connectivity index (χ4n) is 3.75. The van der Waals surface area contributed by atoms with Gasteiger partial charge in [-0.3, -0.25) is 10.1 Å². The Hall–Kier alpha value is -3.40. The SMILES string of the molecule is O=C(NCc1cccc(Cl)c1)C(NC(c1ccccc1)c1ccccc1)c1ccccc1. The number of benzene rings is 4. The Morgan fingerprint density at radius 1 is 0.688 bits per heavy atom. The Bertz CT molecular complexity index is 1090. The van der Waals surface area contributed by atoms with Crippen LogP contribution in [0.15, 0.2) is 115 Å². The smallest absolute Gasteiger partial charge is 0.242 e. The van der Waals surface area contributed by atoms with Crippen molar-refractivity contribution in [1.82, 2.24) is 10.6 Å². The van der Waals surface area contributed by atoms with Crippen LogP contribution in [0.25, 0.3) is 0 Å². The molecule has 0 radical (unpaired) electrons. The average molecular weight is 441 g/mol. The maximum Gasteiger partial charge on any atom is 0.242 e. The normalized spacial score (nSPS) is 11.8. The van der Waals surface area contributed by atoms with Crippen LogP contribution in [0.4, 0.5) is 0 Å². The number of hydrogen-bond donors (Lipinski definition) is 2. The molecule has 0 aromatic heterocycles. The van der Waals surface area contributed by atoms with Crippen molar-refractivity contribution < 1.29 is 4.79 Å². The number of carbonyl (C=O) groups excluding carboxylic acids is 1. The predicted octanol–water partition coefficient (Wildman–Crippen LogP) is 6.08. The highest BCUT2D eigenvalue weighted by atomic mass is 35.5. The van der Waals surface area contributed by atoms with E-state index in [4.69, 9.17) is 11.6 Å². The van der Waals surface area contributed by atoms with Crippen LogP contribution in [-0.4, -0.2) is 5.91 Å². The van der Waals surface area contributed by atoms with E-state index >= 15 is 0 Å². The topological polar surface area (TPSA) is 41.1 Å². The molecule has 160 valence electrons. The predicted molar refractivity (Wildman–Crippen MR) is 130 cm³/mol. The molecule has 4 rings (SSSR count). The van der Waals surface area contributed by atoms with E-state index < -0.39 is 6.04 Å². The van der Waals surface area contributed by atoms with Gasteiger partial charge in [-0.1, -0.05) is 115 Å². The summed E-state index contributed by atoms with van der Waals surface area (Å²) < 4.78 is 0. The second-order valence-electron chi connectivity index (χ2n) is 7.61. The van der Waals surface area contributed by atoms with Gasteiger partial charge in [-0.15, -0.1) is 0 Å². The van der Waals surface area contributed by atoms with Crippen molar-refractivity contribution >= 4 is 17.5 Å². The first-order chi connectivity index (χ1) is 15.7. The monoisotopic (exact) mass is 440 g/mol. The van der Waals surface area contributed by atoms with Crippen molar-refractivity contribution in [3.8, 4) is 0 Å². The molecule has 32 heavy (non-hydrogen) atoms. The second kappa shape index (κ2) is 10.8. The number of rotatable bonds is 8. The van der Waals surface area contributed by atoms with E-state index in [9.17, 15) is 4.79 Å². The fourth-order valence-corrected chi connectivity index (χ4v) is 3.96. The third kappa shape index (κ3) is 5.64. The Morgan fingerprint density at radius 2 is 1.22 bits per heavy atom. The van der Waals surface area contributed by atoms with Crippen molar-refractivity contribution in [2.75, 3.05) is 0 Å². The molecule has 0 spiro atoms. The van der Waals surface area contributed by atoms with Crippen LogP contribution in [0.1, 0.15) is 34.3 Å². The fraction of sp³-hybridized carbons (Fsp3) is 0.107. The van der Waals surface area contributed by atoms with Gasteiger partial charge in [0.2, 0.25) is 5.91 Å². The quantitative estimate of drug-likeness (QED) is 0.348. The summed E-state index contributed by atoms with van der Waals surface area (Å²) in [5.41, 5.74) is 4.07. The molecular formula is C28H25ClN2O. The molecule has 3 nitrogen and oxygen atoms in total. The zero-order chi connectivity index (χ0) is 22.2. The Kier molecular flexibility index (Phi) is 7.34. The summed E-state index contributed by atoms with van der Waals surface area (Å²) in [5.74, 6) is -0.0898. The van der Waals surface area contributed by atoms with Crippen LogP contribution < -0.4 is 10.6 Å². The number of amides is 1. The van der Waals surface area contributed by atoms with Gasteiger partial charge in [0, 0.05) is 11.6 Å². The molecule has 0 aliphatic rings. The van der Waals surface area contributed by atoms with Crippen LogP contribution >= 0.6 is 11.6 Å². The lowest BCUT2D eigenvalue weighted by molar-refractivity contribution is -0.123. The van der Waals surface area contributed by atoms with Crippen LogP contribution in [0.5, 0.6) is 0 Å². The van der Waals surface area contributed by atoms with Gasteiger partial charge in [-0.05, 0) is 34.4 Å². The lowest BCUT2D eigenvalue weighted by Gasteiger charge is -2.26. The first-order valence-electron chi connectivity index (χ1n) is 10.6. The molecule has 0 saturated heterocycles. The van der Waals surface area contributed by atoms with Crippen LogP contribution in [0, 0.1) is 0 Å². The number of carbonyl (C=O) groups is 1. The minimum Gasteiger partial charge on any atom is -0.350 e. The summed E-state index contributed by atoms with van der Waals surface area (Å²) in [7, 11) is 0. The summed E-state index contributed by atoms with van der Waals surface area (Å²) >= 11 is 6.10. The summed E-state index contributed by atoms with van der Waals surface area (Å²) in [6.07, 6.45) is 0. The first-order valence-corrected chi connectivity index (χ1v) is 11.0. The zero-order valence-corrected chi connectivity index (χ0v) is 18.4. The average Bonchev–Trinajstić information content (AvgIpc) is 2.85. The number of nitrogens with one attached hydrogen (secondary N) is 2. The number of hydrogen-bond acceptors (Lipinski definition) is 2. The molecule has 4 heteroatoms. The molecule has 0 aliphatic heterocycles. The van der Waals surface area contributed by atoms with E-state index in [-0.39, 0.29) is 11.9 Å². The highest BCUT2D eigenvalue weighted by molar-refractivity contribution is 6.30. The zero-order valence-electron chi connectivity index (χ0n) is 17.6. The molecule has 4 aromatic rings. The van der Waals surface area contributed by atoms with E-state index in [0.717, 1.165) is 22.3 Å². The maximum absolute atomic E-state index is 13.4. The molecule has 1 amide bonds. The van der Waals surface area contributed by atoms with E-state index in [1.165, 1.54) is 0 Å². The van der Waals surface area contributed by atoms with Gasteiger partial charge in [0.15, 0.2) is 0 Å². The van der Waals surface area contributed by atoms with Gasteiger partial charge in [-0.25, -0.2) is 0 Å². The highest BCUT2D eigenvalue weighted by Gasteiger charge is 2.25. The molecule has 4 aromatic carbocycles. The maximum atomic E-state index is 13.4. The molecular weight excluding hydrogens is 416 g/mol. The molecule has 0 heterocycles. The minimum absolute atomic E-state index is 0.0898. The van der Waals surface area contributed by atoms with Crippen molar-refractivity contribution in [2.24, 2.45) is 0 Å². The third-order valence-electron chi connectivity index (χ3n) is 5.35. The minimum atomic E-state index is -0.527. The van der Waals surface area contributed by atoms with Gasteiger partial charge in [0.05, 0.1) is 6.04 Å². The van der Waals surface area contributed by atoms with Gasteiger partial charge in [0.1, 0.15) is 6.04 Å². The lowest BCUT2D eigenvalue weighted by Crippen LogP contribution is -2.39. The van der Waals surface area contributed by atoms with Crippen molar-refractivity contribution in [2.45, 2.75) is 18.6 Å². The van der Waals surface area contributed by atoms with Crippen molar-refractivity contribution in [3.63, 3.8) is 0 Å². The summed E-state index contributed by atoms with van der Waals surface area (Å²) in [4.78, 5) is 13.4. The van der Waals surface area contributed by atoms with Crippen molar-refractivity contribution in [1.29, 1.82) is 0 Å². The Morgan fingerprint density at radius 3 is 1.75 bits per heavy atom. The molecule has 0 bridgehead atoms. The largest absolute Gasteiger partial charge is 0.350 e. The van der Waals surface area contributed by atoms with E-state index in [0.29, 0.717) is 11.6 Å². The summed E-state index contributed by atoms with van der Waals surface area (Å²) in [6.45, 7) is 0.408. The van der Waals surface area contributed by atoms with Crippen LogP contribution in [-0.2, 0) is 11.3 Å². The van der Waals surface area contributed by atoms with Crippen LogP contribution in [0.2, 0.25) is 5.02 Å². The standard InChI is InChI=1S/C28H25ClN2O/c29-25-18-10-11-21(19-25)20-30-28(32)27(24-16-8-3-9-17-24)31-26(22-12-4-1-5-13-22)23-14-6-2-7-15-23/h1-19,26-27,31H,20H2,(H,30,32). The number of halogens is 1. The van der Waals surface area contributed by atoms with Gasteiger partial charge in [0.25, 0.3) is 0 Å². The van der Waals surface area contributed by atoms with Crippen LogP contribution in [0.3, 0.4) is 0 Å². The van der Waals surface area contributed by atoms with Gasteiger partial charge >= 0.3 is 0 Å². The third-order valence-corrected chi connectivity index (χ3v) is 5.59. The second-order valence-corrected chi connectivity index (χ2v) is 8.05. The highest BCUT2D eigenvalue weighted by Crippen LogP contribution is 2.26. The summed E-state index contributed by atoms with van der Waals surface area (Å²) in [6, 6.07) is 37.1.